The summed E-state index contributed by atoms with van der Waals surface area (Å²) in [5.41, 5.74) is 8.31. The Kier molecular flexibility index (Phi) is 5.12. The second-order valence-corrected chi connectivity index (χ2v) is 6.14. The fraction of sp³-hybridized carbons (Fsp3) is 0.562. The molecule has 0 heterocycles. The Balaban J connectivity index is 2.91. The van der Waals surface area contributed by atoms with Crippen molar-refractivity contribution in [2.75, 3.05) is 6.54 Å². The summed E-state index contributed by atoms with van der Waals surface area (Å²) in [5, 5.41) is 3.09. The Morgan fingerprint density at radius 1 is 1.37 bits per heavy atom. The van der Waals surface area contributed by atoms with Crippen LogP contribution in [0.3, 0.4) is 0 Å². The minimum atomic E-state index is -0.346. The van der Waals surface area contributed by atoms with Crippen molar-refractivity contribution >= 4 is 5.91 Å². The van der Waals surface area contributed by atoms with E-state index >= 15 is 0 Å². The topological polar surface area (TPSA) is 55.1 Å². The third-order valence-electron chi connectivity index (χ3n) is 3.36. The molecule has 0 aliphatic rings. The van der Waals surface area contributed by atoms with E-state index in [2.05, 4.69) is 19.2 Å². The van der Waals surface area contributed by atoms with E-state index in [1.54, 1.807) is 0 Å². The quantitative estimate of drug-likeness (QED) is 0.857. The zero-order valence-corrected chi connectivity index (χ0v) is 12.7. The van der Waals surface area contributed by atoms with Crippen molar-refractivity contribution in [3.05, 3.63) is 34.9 Å². The minimum Gasteiger partial charge on any atom is -0.346 e. The van der Waals surface area contributed by atoms with Crippen LogP contribution in [-0.2, 0) is 0 Å². The highest BCUT2D eigenvalue weighted by Gasteiger charge is 2.26. The number of nitrogens with two attached hydrogens (primary N) is 1. The van der Waals surface area contributed by atoms with Crippen LogP contribution in [0.1, 0.15) is 48.7 Å². The fourth-order valence-electron chi connectivity index (χ4n) is 2.41. The molecule has 0 saturated heterocycles. The van der Waals surface area contributed by atoms with Crippen LogP contribution in [0.15, 0.2) is 18.2 Å². The highest BCUT2D eigenvalue weighted by molar-refractivity contribution is 5.96. The van der Waals surface area contributed by atoms with E-state index < -0.39 is 0 Å². The maximum Gasteiger partial charge on any atom is 0.252 e. The lowest BCUT2D eigenvalue weighted by molar-refractivity contribution is 0.0897. The second kappa shape index (κ2) is 6.20. The van der Waals surface area contributed by atoms with E-state index in [0.717, 1.165) is 23.1 Å². The standard InChI is InChI=1S/C16H26N2O/c1-11(2)9-16(5,10-17)18-15(19)14-8-12(3)6-7-13(14)4/h6-8,11H,9-10,17H2,1-5H3,(H,18,19). The predicted octanol–water partition coefficient (Wildman–Crippen LogP) is 2.80. The maximum absolute atomic E-state index is 12.4. The molecule has 106 valence electrons. The van der Waals surface area contributed by atoms with Gasteiger partial charge in [-0.25, -0.2) is 0 Å². The van der Waals surface area contributed by atoms with E-state index in [4.69, 9.17) is 5.73 Å². The summed E-state index contributed by atoms with van der Waals surface area (Å²) in [6.07, 6.45) is 0.875. The van der Waals surface area contributed by atoms with Crippen molar-refractivity contribution in [1.82, 2.24) is 5.32 Å². The average Bonchev–Trinajstić information content (AvgIpc) is 2.31. The van der Waals surface area contributed by atoms with E-state index in [-0.39, 0.29) is 11.4 Å². The van der Waals surface area contributed by atoms with Gasteiger partial charge in [-0.05, 0) is 44.7 Å². The third kappa shape index (κ3) is 4.35. The molecule has 0 aliphatic heterocycles. The summed E-state index contributed by atoms with van der Waals surface area (Å²) in [6.45, 7) is 10.7. The van der Waals surface area contributed by atoms with Gasteiger partial charge in [0.2, 0.25) is 0 Å². The zero-order chi connectivity index (χ0) is 14.6. The monoisotopic (exact) mass is 262 g/mol. The van der Waals surface area contributed by atoms with E-state index in [1.165, 1.54) is 0 Å². The summed E-state index contributed by atoms with van der Waals surface area (Å²) in [6, 6.07) is 5.92. The molecule has 0 fully saturated rings. The summed E-state index contributed by atoms with van der Waals surface area (Å²) in [5.74, 6) is 0.460. The normalized spacial score (nSPS) is 14.3. The van der Waals surface area contributed by atoms with Gasteiger partial charge >= 0.3 is 0 Å². The minimum absolute atomic E-state index is 0.0326. The molecule has 1 aromatic rings. The highest BCUT2D eigenvalue weighted by atomic mass is 16.1. The van der Waals surface area contributed by atoms with Crippen molar-refractivity contribution < 1.29 is 4.79 Å². The molecule has 0 spiro atoms. The smallest absolute Gasteiger partial charge is 0.252 e. The Labute approximate surface area is 116 Å². The van der Waals surface area contributed by atoms with Gasteiger partial charge in [0.1, 0.15) is 0 Å². The van der Waals surface area contributed by atoms with Crippen LogP contribution in [0.4, 0.5) is 0 Å². The number of rotatable bonds is 5. The second-order valence-electron chi connectivity index (χ2n) is 6.14. The Bertz CT molecular complexity index is 454. The van der Waals surface area contributed by atoms with Gasteiger partial charge in [0.15, 0.2) is 0 Å². The van der Waals surface area contributed by atoms with Crippen molar-refractivity contribution in [1.29, 1.82) is 0 Å². The van der Waals surface area contributed by atoms with E-state index in [9.17, 15) is 4.79 Å². The lowest BCUT2D eigenvalue weighted by Crippen LogP contribution is -2.52. The number of benzene rings is 1. The number of amides is 1. The lowest BCUT2D eigenvalue weighted by Gasteiger charge is -2.31. The van der Waals surface area contributed by atoms with Gasteiger partial charge in [-0.1, -0.05) is 31.5 Å². The Hall–Kier alpha value is -1.35. The molecule has 0 radical (unpaired) electrons. The molecular formula is C16H26N2O. The van der Waals surface area contributed by atoms with E-state index in [1.807, 2.05) is 39.0 Å². The van der Waals surface area contributed by atoms with Crippen LogP contribution in [0.25, 0.3) is 0 Å². The summed E-state index contributed by atoms with van der Waals surface area (Å²) >= 11 is 0. The molecule has 19 heavy (non-hydrogen) atoms. The van der Waals surface area contributed by atoms with Crippen LogP contribution in [0.5, 0.6) is 0 Å². The van der Waals surface area contributed by atoms with Gasteiger partial charge in [-0.15, -0.1) is 0 Å². The first kappa shape index (κ1) is 15.7. The molecule has 0 aliphatic carbocycles. The number of hydrogen-bond acceptors (Lipinski definition) is 2. The van der Waals surface area contributed by atoms with Gasteiger partial charge in [0.25, 0.3) is 5.91 Å². The van der Waals surface area contributed by atoms with Gasteiger partial charge in [0, 0.05) is 17.6 Å². The first-order valence-electron chi connectivity index (χ1n) is 6.87. The van der Waals surface area contributed by atoms with Crippen LogP contribution in [-0.4, -0.2) is 18.0 Å². The molecule has 0 saturated carbocycles. The molecule has 1 rings (SSSR count). The molecule has 3 N–H and O–H groups in total. The van der Waals surface area contributed by atoms with E-state index in [0.29, 0.717) is 12.5 Å². The molecular weight excluding hydrogens is 236 g/mol. The number of carbonyl (C=O) groups is 1. The van der Waals surface area contributed by atoms with Crippen LogP contribution in [0.2, 0.25) is 0 Å². The van der Waals surface area contributed by atoms with Gasteiger partial charge in [-0.3, -0.25) is 4.79 Å². The molecule has 3 nitrogen and oxygen atoms in total. The van der Waals surface area contributed by atoms with Gasteiger partial charge in [-0.2, -0.15) is 0 Å². The lowest BCUT2D eigenvalue weighted by atomic mass is 9.90. The van der Waals surface area contributed by atoms with Crippen molar-refractivity contribution in [3.63, 3.8) is 0 Å². The number of carbonyl (C=O) groups excluding carboxylic acids is 1. The molecule has 1 unspecified atom stereocenters. The molecule has 0 bridgehead atoms. The van der Waals surface area contributed by atoms with Crippen LogP contribution < -0.4 is 11.1 Å². The van der Waals surface area contributed by atoms with Gasteiger partial charge in [0.05, 0.1) is 0 Å². The number of aryl methyl sites for hydroxylation is 2. The highest BCUT2D eigenvalue weighted by Crippen LogP contribution is 2.17. The van der Waals surface area contributed by atoms with Crippen LogP contribution in [0, 0.1) is 19.8 Å². The van der Waals surface area contributed by atoms with Crippen molar-refractivity contribution in [2.45, 2.75) is 46.6 Å². The fourth-order valence-corrected chi connectivity index (χ4v) is 2.41. The average molecular weight is 262 g/mol. The Morgan fingerprint density at radius 3 is 2.53 bits per heavy atom. The summed E-state index contributed by atoms with van der Waals surface area (Å²) in [7, 11) is 0. The molecule has 1 atom stereocenters. The number of hydrogen-bond donors (Lipinski definition) is 2. The molecule has 1 aromatic carbocycles. The molecule has 1 amide bonds. The first-order valence-corrected chi connectivity index (χ1v) is 6.87. The summed E-state index contributed by atoms with van der Waals surface area (Å²) in [4.78, 5) is 12.4. The third-order valence-corrected chi connectivity index (χ3v) is 3.36. The molecule has 3 heteroatoms. The van der Waals surface area contributed by atoms with Crippen molar-refractivity contribution in [2.24, 2.45) is 11.7 Å². The van der Waals surface area contributed by atoms with Crippen molar-refractivity contribution in [3.8, 4) is 0 Å². The Morgan fingerprint density at radius 2 is 2.00 bits per heavy atom. The number of nitrogens with one attached hydrogen (secondary N) is 1. The molecule has 0 aromatic heterocycles. The SMILES string of the molecule is Cc1ccc(C)c(C(=O)NC(C)(CN)CC(C)C)c1. The first-order chi connectivity index (χ1) is 8.77. The zero-order valence-electron chi connectivity index (χ0n) is 12.7. The van der Waals surface area contributed by atoms with Gasteiger partial charge < -0.3 is 11.1 Å². The summed E-state index contributed by atoms with van der Waals surface area (Å²) < 4.78 is 0. The predicted molar refractivity (Wildman–Crippen MR) is 80.3 cm³/mol. The van der Waals surface area contributed by atoms with Crippen LogP contribution >= 0.6 is 0 Å². The maximum atomic E-state index is 12.4. The largest absolute Gasteiger partial charge is 0.346 e.